The van der Waals surface area contributed by atoms with Gasteiger partial charge in [0, 0.05) is 36.8 Å². The predicted molar refractivity (Wildman–Crippen MR) is 69.3 cm³/mol. The summed E-state index contributed by atoms with van der Waals surface area (Å²) in [6.45, 7) is 2.84. The predicted octanol–water partition coefficient (Wildman–Crippen LogP) is 1.99. The maximum atomic E-state index is 11.5. The van der Waals surface area contributed by atoms with Crippen molar-refractivity contribution in [1.82, 2.24) is 14.9 Å². The highest BCUT2D eigenvalue weighted by atomic mass is 16.2. The first-order chi connectivity index (χ1) is 8.75. The second-order valence-electron chi connectivity index (χ2n) is 5.59. The third-order valence-corrected chi connectivity index (χ3v) is 4.09. The lowest BCUT2D eigenvalue weighted by atomic mass is 9.92. The molecule has 0 aliphatic heterocycles. The van der Waals surface area contributed by atoms with Crippen molar-refractivity contribution in [3.05, 3.63) is 17.7 Å². The molecule has 0 bridgehead atoms. The lowest BCUT2D eigenvalue weighted by Gasteiger charge is -2.29. The molecule has 98 valence electrons. The molecule has 0 atom stereocenters. The summed E-state index contributed by atoms with van der Waals surface area (Å²) in [4.78, 5) is 16.0. The fourth-order valence-electron chi connectivity index (χ4n) is 2.61. The number of hydrogen-bond acceptors (Lipinski definition) is 2. The van der Waals surface area contributed by atoms with Crippen LogP contribution in [0.2, 0.25) is 0 Å². The van der Waals surface area contributed by atoms with E-state index in [1.165, 1.54) is 25.0 Å². The third-order valence-electron chi connectivity index (χ3n) is 4.09. The molecular formula is C14H21N3O. The molecule has 1 aromatic rings. The first-order valence-electron chi connectivity index (χ1n) is 7.06. The molecule has 0 unspecified atom stereocenters. The summed E-state index contributed by atoms with van der Waals surface area (Å²) >= 11 is 0. The summed E-state index contributed by atoms with van der Waals surface area (Å²) in [5.74, 6) is 1.67. The van der Waals surface area contributed by atoms with Gasteiger partial charge in [-0.15, -0.1) is 0 Å². The van der Waals surface area contributed by atoms with Crippen LogP contribution in [0.4, 0.5) is 0 Å². The Morgan fingerprint density at radius 3 is 2.83 bits per heavy atom. The van der Waals surface area contributed by atoms with Crippen molar-refractivity contribution in [2.75, 3.05) is 6.54 Å². The van der Waals surface area contributed by atoms with Gasteiger partial charge in [0.05, 0.1) is 0 Å². The van der Waals surface area contributed by atoms with Crippen LogP contribution < -0.4 is 5.32 Å². The van der Waals surface area contributed by atoms with Crippen molar-refractivity contribution in [3.8, 4) is 0 Å². The van der Waals surface area contributed by atoms with Crippen molar-refractivity contribution in [2.45, 2.75) is 51.5 Å². The van der Waals surface area contributed by atoms with E-state index in [0.29, 0.717) is 12.0 Å². The van der Waals surface area contributed by atoms with Gasteiger partial charge in [0.1, 0.15) is 5.82 Å². The van der Waals surface area contributed by atoms with Crippen LogP contribution in [0.5, 0.6) is 0 Å². The van der Waals surface area contributed by atoms with Gasteiger partial charge < -0.3 is 9.88 Å². The zero-order valence-corrected chi connectivity index (χ0v) is 11.0. The molecular weight excluding hydrogens is 226 g/mol. The van der Waals surface area contributed by atoms with Crippen LogP contribution in [0, 0.1) is 12.8 Å². The fourth-order valence-corrected chi connectivity index (χ4v) is 2.61. The van der Waals surface area contributed by atoms with Gasteiger partial charge in [-0.2, -0.15) is 0 Å². The third kappa shape index (κ3) is 2.28. The lowest BCUT2D eigenvalue weighted by molar-refractivity contribution is -0.122. The summed E-state index contributed by atoms with van der Waals surface area (Å²) < 4.78 is 2.37. The maximum Gasteiger partial charge on any atom is 0.223 e. The molecule has 0 radical (unpaired) electrons. The molecule has 4 heteroatoms. The van der Waals surface area contributed by atoms with Crippen LogP contribution in [-0.4, -0.2) is 22.0 Å². The first kappa shape index (κ1) is 11.8. The van der Waals surface area contributed by atoms with Crippen molar-refractivity contribution >= 4 is 5.91 Å². The van der Waals surface area contributed by atoms with E-state index < -0.39 is 0 Å². The fraction of sp³-hybridized carbons (Fsp3) is 0.714. The van der Waals surface area contributed by atoms with Crippen LogP contribution >= 0.6 is 0 Å². The molecule has 2 aliphatic rings. The molecule has 2 aliphatic carbocycles. The normalized spacial score (nSPS) is 19.6. The molecule has 1 N–H and O–H groups in total. The molecule has 0 aromatic carbocycles. The summed E-state index contributed by atoms with van der Waals surface area (Å²) in [6.07, 6.45) is 8.83. The second kappa shape index (κ2) is 4.75. The Morgan fingerprint density at radius 2 is 2.22 bits per heavy atom. The van der Waals surface area contributed by atoms with Gasteiger partial charge in [0.2, 0.25) is 5.91 Å². The van der Waals surface area contributed by atoms with Gasteiger partial charge in [-0.25, -0.2) is 4.98 Å². The molecule has 1 amide bonds. The average molecular weight is 247 g/mol. The topological polar surface area (TPSA) is 46.9 Å². The number of amides is 1. The highest BCUT2D eigenvalue weighted by Crippen LogP contribution is 2.33. The molecule has 3 rings (SSSR count). The van der Waals surface area contributed by atoms with Crippen LogP contribution in [0.25, 0.3) is 0 Å². The number of aryl methyl sites for hydroxylation is 1. The van der Waals surface area contributed by atoms with Gasteiger partial charge in [0.25, 0.3) is 0 Å². The summed E-state index contributed by atoms with van der Waals surface area (Å²) in [5.41, 5.74) is 1.25. The SMILES string of the molecule is Cc1cnc(CCNC(=O)C2CC2)n1C1CCC1. The number of nitrogens with one attached hydrogen (secondary N) is 1. The van der Waals surface area contributed by atoms with Gasteiger partial charge in [0.15, 0.2) is 0 Å². The Kier molecular flexibility index (Phi) is 3.10. The second-order valence-corrected chi connectivity index (χ2v) is 5.59. The van der Waals surface area contributed by atoms with Gasteiger partial charge >= 0.3 is 0 Å². The molecule has 18 heavy (non-hydrogen) atoms. The number of aromatic nitrogens is 2. The monoisotopic (exact) mass is 247 g/mol. The number of carbonyl (C=O) groups excluding carboxylic acids is 1. The van der Waals surface area contributed by atoms with Crippen LogP contribution in [0.15, 0.2) is 6.20 Å². The average Bonchev–Trinajstić information content (AvgIpc) is 3.07. The number of hydrogen-bond donors (Lipinski definition) is 1. The molecule has 1 aromatic heterocycles. The zero-order valence-electron chi connectivity index (χ0n) is 11.0. The summed E-state index contributed by atoms with van der Waals surface area (Å²) in [6, 6.07) is 0.654. The molecule has 1 heterocycles. The Morgan fingerprint density at radius 1 is 1.44 bits per heavy atom. The summed E-state index contributed by atoms with van der Waals surface area (Å²) in [7, 11) is 0. The highest BCUT2D eigenvalue weighted by Gasteiger charge is 2.29. The molecule has 0 saturated heterocycles. The first-order valence-corrected chi connectivity index (χ1v) is 7.06. The minimum absolute atomic E-state index is 0.230. The van der Waals surface area contributed by atoms with Gasteiger partial charge in [-0.3, -0.25) is 4.79 Å². The van der Waals surface area contributed by atoms with Gasteiger partial charge in [-0.05, 0) is 39.0 Å². The van der Waals surface area contributed by atoms with E-state index in [2.05, 4.69) is 21.8 Å². The van der Waals surface area contributed by atoms with E-state index in [-0.39, 0.29) is 5.91 Å². The smallest absolute Gasteiger partial charge is 0.223 e. The molecule has 2 fully saturated rings. The van der Waals surface area contributed by atoms with Crippen molar-refractivity contribution in [1.29, 1.82) is 0 Å². The quantitative estimate of drug-likeness (QED) is 0.865. The zero-order chi connectivity index (χ0) is 12.5. The Labute approximate surface area is 108 Å². The number of rotatable bonds is 5. The van der Waals surface area contributed by atoms with Crippen molar-refractivity contribution in [3.63, 3.8) is 0 Å². The number of nitrogens with zero attached hydrogens (tertiary/aromatic N) is 2. The van der Waals surface area contributed by atoms with E-state index in [0.717, 1.165) is 31.6 Å². The van der Waals surface area contributed by atoms with Crippen LogP contribution in [0.3, 0.4) is 0 Å². The largest absolute Gasteiger partial charge is 0.355 e. The van der Waals surface area contributed by atoms with Crippen molar-refractivity contribution in [2.24, 2.45) is 5.92 Å². The molecule has 4 nitrogen and oxygen atoms in total. The van der Waals surface area contributed by atoms with E-state index in [1.807, 2.05) is 6.20 Å². The highest BCUT2D eigenvalue weighted by molar-refractivity contribution is 5.80. The van der Waals surface area contributed by atoms with Crippen LogP contribution in [0.1, 0.15) is 49.7 Å². The lowest BCUT2D eigenvalue weighted by Crippen LogP contribution is -2.28. The number of carbonyl (C=O) groups is 1. The van der Waals surface area contributed by atoms with Crippen LogP contribution in [-0.2, 0) is 11.2 Å². The summed E-state index contributed by atoms with van der Waals surface area (Å²) in [5, 5.41) is 3.01. The Hall–Kier alpha value is -1.32. The molecule has 2 saturated carbocycles. The van der Waals surface area contributed by atoms with E-state index in [4.69, 9.17) is 0 Å². The standard InChI is InChI=1S/C14H21N3O/c1-10-9-16-13(17(10)12-3-2-4-12)7-8-15-14(18)11-5-6-11/h9,11-12H,2-8H2,1H3,(H,15,18). The van der Waals surface area contributed by atoms with E-state index in [9.17, 15) is 4.79 Å². The van der Waals surface area contributed by atoms with E-state index in [1.54, 1.807) is 0 Å². The van der Waals surface area contributed by atoms with Gasteiger partial charge in [-0.1, -0.05) is 0 Å². The Balaban J connectivity index is 1.56. The number of imidazole rings is 1. The van der Waals surface area contributed by atoms with E-state index >= 15 is 0 Å². The molecule has 0 spiro atoms. The Bertz CT molecular complexity index is 444. The minimum atomic E-state index is 0.230. The maximum absolute atomic E-state index is 11.5. The minimum Gasteiger partial charge on any atom is -0.355 e. The van der Waals surface area contributed by atoms with Crippen molar-refractivity contribution < 1.29 is 4.79 Å².